The summed E-state index contributed by atoms with van der Waals surface area (Å²) in [5.74, 6) is 0.0878. The van der Waals surface area contributed by atoms with Gasteiger partial charge in [0.05, 0.1) is 12.9 Å². The summed E-state index contributed by atoms with van der Waals surface area (Å²) in [5, 5.41) is 1.93. The van der Waals surface area contributed by atoms with E-state index in [2.05, 4.69) is 4.98 Å². The highest BCUT2D eigenvalue weighted by Crippen LogP contribution is 2.24. The highest BCUT2D eigenvalue weighted by Gasteiger charge is 2.15. The summed E-state index contributed by atoms with van der Waals surface area (Å²) in [5.41, 5.74) is -0.182. The number of imidazole rings is 1. The molecule has 0 N–H and O–H groups in total. The Morgan fingerprint density at radius 1 is 1.06 bits per heavy atom. The van der Waals surface area contributed by atoms with Crippen molar-refractivity contribution in [1.82, 2.24) is 18.7 Å². The lowest BCUT2D eigenvalue weighted by atomic mass is 10.1. The summed E-state index contributed by atoms with van der Waals surface area (Å²) in [6.45, 7) is -0.0302. The van der Waals surface area contributed by atoms with Gasteiger partial charge in [-0.05, 0) is 17.9 Å². The van der Waals surface area contributed by atoms with Crippen LogP contribution in [-0.2, 0) is 30.2 Å². The molecule has 4 rings (SSSR count). The number of carbonyl (C=O) groups excluding carboxylic acids is 1. The number of hydrogen-bond acceptors (Lipinski definition) is 6. The second kappa shape index (κ2) is 8.47. The van der Waals surface area contributed by atoms with Gasteiger partial charge in [-0.15, -0.1) is 0 Å². The number of rotatable bonds is 7. The van der Waals surface area contributed by atoms with E-state index in [9.17, 15) is 14.4 Å². The van der Waals surface area contributed by atoms with Crippen molar-refractivity contribution in [2.75, 3.05) is 13.2 Å². The first-order valence-electron chi connectivity index (χ1n) is 9.84. The summed E-state index contributed by atoms with van der Waals surface area (Å²) in [6.07, 6.45) is 1.81. The first-order chi connectivity index (χ1) is 15.0. The highest BCUT2D eigenvalue weighted by molar-refractivity contribution is 5.88. The van der Waals surface area contributed by atoms with E-state index in [1.165, 1.54) is 10.9 Å². The van der Waals surface area contributed by atoms with Gasteiger partial charge in [0.25, 0.3) is 5.56 Å². The van der Waals surface area contributed by atoms with Gasteiger partial charge in [0.1, 0.15) is 5.75 Å². The van der Waals surface area contributed by atoms with Gasteiger partial charge < -0.3 is 14.0 Å². The molecule has 2 heterocycles. The molecule has 0 aliphatic rings. The van der Waals surface area contributed by atoms with Crippen molar-refractivity contribution in [3.05, 3.63) is 69.6 Å². The second-order valence-corrected chi connectivity index (χ2v) is 7.17. The van der Waals surface area contributed by atoms with Crippen molar-refractivity contribution in [1.29, 1.82) is 0 Å². The molecular weight excluding hydrogens is 400 g/mol. The standard InChI is InChI=1S/C22H22N4O5/c1-24-14-23-20-19(24)21(28)26(22(29)25(20)2)11-6-12-30-18(27)13-31-17-10-5-8-15-7-3-4-9-16(15)17/h3-5,7-10,14H,6,11-13H2,1-2H3. The van der Waals surface area contributed by atoms with Gasteiger partial charge in [-0.3, -0.25) is 13.9 Å². The lowest BCUT2D eigenvalue weighted by Gasteiger charge is -2.10. The quantitative estimate of drug-likeness (QED) is 0.332. The van der Waals surface area contributed by atoms with E-state index < -0.39 is 17.2 Å². The first kappa shape index (κ1) is 20.4. The predicted molar refractivity (Wildman–Crippen MR) is 115 cm³/mol. The Morgan fingerprint density at radius 2 is 1.84 bits per heavy atom. The van der Waals surface area contributed by atoms with E-state index in [4.69, 9.17) is 9.47 Å². The van der Waals surface area contributed by atoms with Gasteiger partial charge >= 0.3 is 11.7 Å². The maximum Gasteiger partial charge on any atom is 0.344 e. The van der Waals surface area contributed by atoms with Crippen molar-refractivity contribution in [2.24, 2.45) is 14.1 Å². The van der Waals surface area contributed by atoms with Crippen LogP contribution < -0.4 is 16.0 Å². The molecule has 0 bridgehead atoms. The maximum absolute atomic E-state index is 12.6. The van der Waals surface area contributed by atoms with Gasteiger partial charge in [-0.25, -0.2) is 14.6 Å². The molecular formula is C22H22N4O5. The number of hydrogen-bond donors (Lipinski definition) is 0. The second-order valence-electron chi connectivity index (χ2n) is 7.17. The molecule has 0 saturated heterocycles. The van der Waals surface area contributed by atoms with Crippen LogP contribution >= 0.6 is 0 Å². The van der Waals surface area contributed by atoms with Crippen LogP contribution in [0.25, 0.3) is 21.9 Å². The maximum atomic E-state index is 12.6. The number of aryl methyl sites for hydroxylation is 2. The summed E-state index contributed by atoms with van der Waals surface area (Å²) in [6, 6.07) is 13.4. The number of esters is 1. The van der Waals surface area contributed by atoms with Crippen molar-refractivity contribution in [3.8, 4) is 5.75 Å². The molecule has 0 fully saturated rings. The first-order valence-corrected chi connectivity index (χ1v) is 9.84. The summed E-state index contributed by atoms with van der Waals surface area (Å²) in [4.78, 5) is 41.2. The Balaban J connectivity index is 1.34. The fraction of sp³-hybridized carbons (Fsp3) is 0.273. The van der Waals surface area contributed by atoms with E-state index in [1.54, 1.807) is 24.7 Å². The summed E-state index contributed by atoms with van der Waals surface area (Å²) in [7, 11) is 3.27. The van der Waals surface area contributed by atoms with Crippen LogP contribution in [0.3, 0.4) is 0 Å². The van der Waals surface area contributed by atoms with E-state index in [1.807, 2.05) is 36.4 Å². The molecule has 9 nitrogen and oxygen atoms in total. The van der Waals surface area contributed by atoms with Crippen molar-refractivity contribution >= 4 is 27.9 Å². The molecule has 31 heavy (non-hydrogen) atoms. The molecule has 0 aliphatic carbocycles. The van der Waals surface area contributed by atoms with E-state index in [0.717, 1.165) is 15.3 Å². The van der Waals surface area contributed by atoms with Gasteiger partial charge in [-0.2, -0.15) is 0 Å². The predicted octanol–water partition coefficient (Wildman–Crippen LogP) is 1.60. The van der Waals surface area contributed by atoms with Crippen LogP contribution in [0.5, 0.6) is 5.75 Å². The molecule has 0 saturated carbocycles. The van der Waals surface area contributed by atoms with Gasteiger partial charge in [0, 0.05) is 26.0 Å². The minimum Gasteiger partial charge on any atom is -0.481 e. The van der Waals surface area contributed by atoms with Crippen LogP contribution in [0.2, 0.25) is 0 Å². The number of aromatic nitrogens is 4. The Bertz CT molecular complexity index is 1380. The topological polar surface area (TPSA) is 97.4 Å². The minimum absolute atomic E-state index is 0.0662. The number of fused-ring (bicyclic) bond motifs is 2. The van der Waals surface area contributed by atoms with Crippen LogP contribution in [0.1, 0.15) is 6.42 Å². The fourth-order valence-corrected chi connectivity index (χ4v) is 3.50. The van der Waals surface area contributed by atoms with Crippen molar-refractivity contribution in [2.45, 2.75) is 13.0 Å². The molecule has 0 atom stereocenters. The Labute approximate surface area is 177 Å². The van der Waals surface area contributed by atoms with Crippen LogP contribution in [0.4, 0.5) is 0 Å². The third-order valence-corrected chi connectivity index (χ3v) is 5.09. The molecule has 2 aromatic heterocycles. The van der Waals surface area contributed by atoms with Gasteiger partial charge in [-0.1, -0.05) is 36.4 Å². The molecule has 0 radical (unpaired) electrons. The Hall–Kier alpha value is -3.88. The Morgan fingerprint density at radius 3 is 2.68 bits per heavy atom. The zero-order chi connectivity index (χ0) is 22.0. The van der Waals surface area contributed by atoms with Gasteiger partial charge in [0.15, 0.2) is 17.8 Å². The third kappa shape index (κ3) is 3.94. The average molecular weight is 422 g/mol. The highest BCUT2D eigenvalue weighted by atomic mass is 16.6. The number of carbonyl (C=O) groups is 1. The molecule has 160 valence electrons. The average Bonchev–Trinajstić information content (AvgIpc) is 3.17. The summed E-state index contributed by atoms with van der Waals surface area (Å²) < 4.78 is 14.9. The minimum atomic E-state index is -0.518. The molecule has 0 spiro atoms. The number of ether oxygens (including phenoxy) is 2. The van der Waals surface area contributed by atoms with Crippen LogP contribution in [0, 0.1) is 0 Å². The number of benzene rings is 2. The van der Waals surface area contributed by atoms with E-state index >= 15 is 0 Å². The lowest BCUT2D eigenvalue weighted by molar-refractivity contribution is -0.146. The third-order valence-electron chi connectivity index (χ3n) is 5.09. The Kier molecular flexibility index (Phi) is 5.57. The lowest BCUT2D eigenvalue weighted by Crippen LogP contribution is -2.39. The molecule has 0 aliphatic heterocycles. The van der Waals surface area contributed by atoms with E-state index in [-0.39, 0.29) is 19.8 Å². The molecule has 0 amide bonds. The SMILES string of the molecule is Cn1cnc2c1c(=O)n(CCCOC(=O)COc1cccc3ccccc13)c(=O)n2C. The fourth-order valence-electron chi connectivity index (χ4n) is 3.50. The van der Waals surface area contributed by atoms with Crippen LogP contribution in [-0.4, -0.2) is 37.9 Å². The smallest absolute Gasteiger partial charge is 0.344 e. The van der Waals surface area contributed by atoms with Gasteiger partial charge in [0.2, 0.25) is 0 Å². The normalized spacial score (nSPS) is 11.2. The van der Waals surface area contributed by atoms with Crippen LogP contribution in [0.15, 0.2) is 58.4 Å². The summed E-state index contributed by atoms with van der Waals surface area (Å²) >= 11 is 0. The largest absolute Gasteiger partial charge is 0.481 e. The van der Waals surface area contributed by atoms with Crippen molar-refractivity contribution < 1.29 is 14.3 Å². The molecule has 2 aromatic carbocycles. The molecule has 0 unspecified atom stereocenters. The van der Waals surface area contributed by atoms with E-state index in [0.29, 0.717) is 23.3 Å². The monoisotopic (exact) mass is 422 g/mol. The zero-order valence-electron chi connectivity index (χ0n) is 17.3. The zero-order valence-corrected chi connectivity index (χ0v) is 17.3. The number of nitrogens with zero attached hydrogens (tertiary/aromatic N) is 4. The molecule has 4 aromatic rings. The van der Waals surface area contributed by atoms with Crippen molar-refractivity contribution in [3.63, 3.8) is 0 Å². The molecule has 9 heteroatoms.